The number of amides is 1. The number of hydrogen-bond donors (Lipinski definition) is 2. The van der Waals surface area contributed by atoms with Crippen molar-refractivity contribution in [1.82, 2.24) is 10.2 Å². The Labute approximate surface area is 121 Å². The summed E-state index contributed by atoms with van der Waals surface area (Å²) in [6.07, 6.45) is 3.23. The van der Waals surface area contributed by atoms with E-state index in [0.29, 0.717) is 38.8 Å². The molecule has 1 unspecified atom stereocenters. The SMILES string of the molecule is CCCC1(C(=O)O)CCN(C(=O)CC(C)NCC)CC1. The molecule has 0 aromatic carbocycles. The third kappa shape index (κ3) is 4.20. The summed E-state index contributed by atoms with van der Waals surface area (Å²) in [4.78, 5) is 25.5. The smallest absolute Gasteiger partial charge is 0.309 e. The molecule has 0 bridgehead atoms. The molecule has 0 aromatic rings. The zero-order chi connectivity index (χ0) is 15.2. The van der Waals surface area contributed by atoms with Gasteiger partial charge in [0.15, 0.2) is 0 Å². The Morgan fingerprint density at radius 1 is 1.30 bits per heavy atom. The van der Waals surface area contributed by atoms with E-state index in [1.165, 1.54) is 0 Å². The molecule has 0 aromatic heterocycles. The van der Waals surface area contributed by atoms with Gasteiger partial charge < -0.3 is 15.3 Å². The summed E-state index contributed by atoms with van der Waals surface area (Å²) >= 11 is 0. The van der Waals surface area contributed by atoms with Crippen molar-refractivity contribution in [3.8, 4) is 0 Å². The van der Waals surface area contributed by atoms with Gasteiger partial charge in [-0.2, -0.15) is 0 Å². The molecule has 1 aliphatic heterocycles. The van der Waals surface area contributed by atoms with Gasteiger partial charge in [0.05, 0.1) is 5.41 Å². The number of aliphatic carboxylic acids is 1. The minimum atomic E-state index is -0.701. The van der Waals surface area contributed by atoms with Crippen LogP contribution in [0, 0.1) is 5.41 Å². The largest absolute Gasteiger partial charge is 0.481 e. The zero-order valence-corrected chi connectivity index (χ0v) is 12.9. The molecule has 0 radical (unpaired) electrons. The number of hydrogen-bond acceptors (Lipinski definition) is 3. The second kappa shape index (κ2) is 7.62. The predicted octanol–water partition coefficient (Wildman–Crippen LogP) is 1.87. The third-order valence-electron chi connectivity index (χ3n) is 4.29. The van der Waals surface area contributed by atoms with E-state index in [1.807, 2.05) is 25.7 Å². The number of carboxylic acid groups (broad SMARTS) is 1. The molecule has 1 rings (SSSR count). The summed E-state index contributed by atoms with van der Waals surface area (Å²) in [7, 11) is 0. The van der Waals surface area contributed by atoms with Gasteiger partial charge in [-0.3, -0.25) is 9.59 Å². The van der Waals surface area contributed by atoms with Gasteiger partial charge in [0.1, 0.15) is 0 Å². The van der Waals surface area contributed by atoms with E-state index < -0.39 is 11.4 Å². The molecule has 0 aliphatic carbocycles. The van der Waals surface area contributed by atoms with Gasteiger partial charge in [-0.1, -0.05) is 20.3 Å². The Balaban J connectivity index is 2.52. The van der Waals surface area contributed by atoms with Crippen molar-refractivity contribution < 1.29 is 14.7 Å². The quantitative estimate of drug-likeness (QED) is 0.749. The highest BCUT2D eigenvalue weighted by molar-refractivity contribution is 5.78. The fourth-order valence-corrected chi connectivity index (χ4v) is 3.05. The maximum absolute atomic E-state index is 12.2. The van der Waals surface area contributed by atoms with Crippen LogP contribution >= 0.6 is 0 Å². The molecule has 5 nitrogen and oxygen atoms in total. The van der Waals surface area contributed by atoms with E-state index in [9.17, 15) is 14.7 Å². The number of likely N-dealkylation sites (tertiary alicyclic amines) is 1. The van der Waals surface area contributed by atoms with Gasteiger partial charge in [0.25, 0.3) is 0 Å². The van der Waals surface area contributed by atoms with Gasteiger partial charge in [-0.05, 0) is 32.7 Å². The summed E-state index contributed by atoms with van der Waals surface area (Å²) in [6, 6.07) is 0.175. The molecule has 1 amide bonds. The molecule has 1 heterocycles. The minimum absolute atomic E-state index is 0.133. The fourth-order valence-electron chi connectivity index (χ4n) is 3.05. The summed E-state index contributed by atoms with van der Waals surface area (Å²) in [5, 5.41) is 12.7. The van der Waals surface area contributed by atoms with Crippen LogP contribution < -0.4 is 5.32 Å². The topological polar surface area (TPSA) is 69.6 Å². The molecule has 1 atom stereocenters. The molecule has 1 fully saturated rings. The third-order valence-corrected chi connectivity index (χ3v) is 4.29. The first-order valence-corrected chi connectivity index (χ1v) is 7.69. The van der Waals surface area contributed by atoms with Crippen molar-refractivity contribution in [3.05, 3.63) is 0 Å². The fraction of sp³-hybridized carbons (Fsp3) is 0.867. The highest BCUT2D eigenvalue weighted by Gasteiger charge is 2.41. The van der Waals surface area contributed by atoms with E-state index in [-0.39, 0.29) is 11.9 Å². The normalized spacial score (nSPS) is 19.6. The van der Waals surface area contributed by atoms with Crippen LogP contribution in [0.2, 0.25) is 0 Å². The highest BCUT2D eigenvalue weighted by Crippen LogP contribution is 2.36. The Morgan fingerprint density at radius 2 is 1.90 bits per heavy atom. The zero-order valence-electron chi connectivity index (χ0n) is 12.9. The van der Waals surface area contributed by atoms with Gasteiger partial charge in [-0.25, -0.2) is 0 Å². The molecule has 1 aliphatic rings. The average molecular weight is 284 g/mol. The van der Waals surface area contributed by atoms with E-state index >= 15 is 0 Å². The standard InChI is InChI=1S/C15H28N2O3/c1-4-6-15(14(19)20)7-9-17(10-8-15)13(18)11-12(3)16-5-2/h12,16H,4-11H2,1-3H3,(H,19,20). The van der Waals surface area contributed by atoms with Gasteiger partial charge >= 0.3 is 5.97 Å². The second-order valence-electron chi connectivity index (χ2n) is 5.88. The summed E-state index contributed by atoms with van der Waals surface area (Å²) in [5.41, 5.74) is -0.612. The molecule has 1 saturated heterocycles. The predicted molar refractivity (Wildman–Crippen MR) is 78.5 cm³/mol. The van der Waals surface area contributed by atoms with E-state index in [4.69, 9.17) is 0 Å². The first-order chi connectivity index (χ1) is 9.45. The van der Waals surface area contributed by atoms with Crippen molar-refractivity contribution in [2.24, 2.45) is 5.41 Å². The molecular weight excluding hydrogens is 256 g/mol. The molecule has 20 heavy (non-hydrogen) atoms. The van der Waals surface area contributed by atoms with Crippen molar-refractivity contribution >= 4 is 11.9 Å². The Hall–Kier alpha value is -1.10. The average Bonchev–Trinajstić information content (AvgIpc) is 2.39. The minimum Gasteiger partial charge on any atom is -0.481 e. The number of nitrogens with one attached hydrogen (secondary N) is 1. The monoisotopic (exact) mass is 284 g/mol. The van der Waals surface area contributed by atoms with Gasteiger partial charge in [-0.15, -0.1) is 0 Å². The van der Waals surface area contributed by atoms with Crippen LogP contribution in [0.4, 0.5) is 0 Å². The summed E-state index contributed by atoms with van der Waals surface area (Å²) in [5.74, 6) is -0.568. The van der Waals surface area contributed by atoms with Crippen molar-refractivity contribution in [1.29, 1.82) is 0 Å². The lowest BCUT2D eigenvalue weighted by atomic mass is 9.75. The number of carbonyl (C=O) groups excluding carboxylic acids is 1. The molecule has 5 heteroatoms. The van der Waals surface area contributed by atoms with Crippen molar-refractivity contribution in [3.63, 3.8) is 0 Å². The molecule has 2 N–H and O–H groups in total. The second-order valence-corrected chi connectivity index (χ2v) is 5.88. The number of carboxylic acids is 1. The van der Waals surface area contributed by atoms with Gasteiger partial charge in [0.2, 0.25) is 5.91 Å². The maximum atomic E-state index is 12.2. The summed E-state index contributed by atoms with van der Waals surface area (Å²) < 4.78 is 0. The Morgan fingerprint density at radius 3 is 2.35 bits per heavy atom. The first-order valence-electron chi connectivity index (χ1n) is 7.69. The maximum Gasteiger partial charge on any atom is 0.309 e. The van der Waals surface area contributed by atoms with E-state index in [0.717, 1.165) is 13.0 Å². The molecule has 116 valence electrons. The number of rotatable bonds is 7. The van der Waals surface area contributed by atoms with Gasteiger partial charge in [0, 0.05) is 25.6 Å². The lowest BCUT2D eigenvalue weighted by Gasteiger charge is -2.39. The van der Waals surface area contributed by atoms with E-state index in [1.54, 1.807) is 0 Å². The van der Waals surface area contributed by atoms with Crippen LogP contribution in [0.3, 0.4) is 0 Å². The lowest BCUT2D eigenvalue weighted by molar-refractivity contribution is -0.155. The number of piperidine rings is 1. The lowest BCUT2D eigenvalue weighted by Crippen LogP contribution is -2.47. The van der Waals surface area contributed by atoms with Crippen LogP contribution in [0.5, 0.6) is 0 Å². The van der Waals surface area contributed by atoms with E-state index in [2.05, 4.69) is 5.32 Å². The number of carbonyl (C=O) groups is 2. The van der Waals surface area contributed by atoms with Crippen LogP contribution in [0.25, 0.3) is 0 Å². The van der Waals surface area contributed by atoms with Crippen LogP contribution in [-0.2, 0) is 9.59 Å². The Kier molecular flexibility index (Phi) is 6.46. The first kappa shape index (κ1) is 17.0. The highest BCUT2D eigenvalue weighted by atomic mass is 16.4. The van der Waals surface area contributed by atoms with Crippen molar-refractivity contribution in [2.45, 2.75) is 58.9 Å². The summed E-state index contributed by atoms with van der Waals surface area (Å²) in [6.45, 7) is 8.04. The van der Waals surface area contributed by atoms with Crippen molar-refractivity contribution in [2.75, 3.05) is 19.6 Å². The number of nitrogens with zero attached hydrogens (tertiary/aromatic N) is 1. The Bertz CT molecular complexity index is 336. The van der Waals surface area contributed by atoms with Crippen LogP contribution in [0.15, 0.2) is 0 Å². The van der Waals surface area contributed by atoms with Crippen LogP contribution in [0.1, 0.15) is 52.9 Å². The molecule has 0 spiro atoms. The molecule has 0 saturated carbocycles. The molecular formula is C15H28N2O3. The van der Waals surface area contributed by atoms with Crippen LogP contribution in [-0.4, -0.2) is 47.6 Å².